The molecule has 8 nitrogen and oxygen atoms in total. The number of benzene rings is 1. The van der Waals surface area contributed by atoms with Crippen LogP contribution >= 0.6 is 11.6 Å². The summed E-state index contributed by atoms with van der Waals surface area (Å²) in [5.74, 6) is 0.463. The molecule has 1 amide bonds. The first-order valence-corrected chi connectivity index (χ1v) is 9.19. The molecule has 3 aromatic rings. The molecule has 9 heteroatoms. The van der Waals surface area contributed by atoms with Crippen molar-refractivity contribution in [3.8, 4) is 11.4 Å². The molecule has 3 heterocycles. The second kappa shape index (κ2) is 7.89. The Bertz CT molecular complexity index is 931. The Labute approximate surface area is 160 Å². The van der Waals surface area contributed by atoms with Gasteiger partial charge in [0.1, 0.15) is 5.69 Å². The van der Waals surface area contributed by atoms with E-state index in [1.54, 1.807) is 18.2 Å². The third-order valence-electron chi connectivity index (χ3n) is 4.44. The van der Waals surface area contributed by atoms with Crippen LogP contribution in [0.25, 0.3) is 11.4 Å². The predicted molar refractivity (Wildman–Crippen MR) is 99.3 cm³/mol. The van der Waals surface area contributed by atoms with Crippen LogP contribution in [0.5, 0.6) is 0 Å². The molecule has 27 heavy (non-hydrogen) atoms. The molecular weight excluding hydrogens is 368 g/mol. The number of piperidine rings is 1. The van der Waals surface area contributed by atoms with E-state index in [1.165, 1.54) is 0 Å². The Morgan fingerprint density at radius 3 is 3.15 bits per heavy atom. The fraction of sp³-hybridized carbons (Fsp3) is 0.333. The first-order chi connectivity index (χ1) is 13.2. The Morgan fingerprint density at radius 2 is 2.33 bits per heavy atom. The summed E-state index contributed by atoms with van der Waals surface area (Å²) in [5, 5.41) is 15.0. The molecule has 1 fully saturated rings. The number of nitrogens with one attached hydrogen (secondary N) is 2. The maximum Gasteiger partial charge on any atom is 0.272 e. The van der Waals surface area contributed by atoms with Gasteiger partial charge in [-0.2, -0.15) is 10.1 Å². The second-order valence-electron chi connectivity index (χ2n) is 6.39. The van der Waals surface area contributed by atoms with Crippen molar-refractivity contribution in [1.29, 1.82) is 0 Å². The molecule has 1 atom stereocenters. The molecule has 0 spiro atoms. The van der Waals surface area contributed by atoms with Crippen LogP contribution in [0.4, 0.5) is 0 Å². The monoisotopic (exact) mass is 386 g/mol. The second-order valence-corrected chi connectivity index (χ2v) is 6.82. The van der Waals surface area contributed by atoms with E-state index in [1.807, 2.05) is 23.0 Å². The van der Waals surface area contributed by atoms with Gasteiger partial charge in [-0.1, -0.05) is 28.9 Å². The number of amides is 1. The number of hydrogen-bond donors (Lipinski definition) is 2. The van der Waals surface area contributed by atoms with Gasteiger partial charge in [0.2, 0.25) is 11.7 Å². The Balaban J connectivity index is 1.36. The molecule has 2 N–H and O–H groups in total. The molecule has 0 aliphatic carbocycles. The van der Waals surface area contributed by atoms with Crippen LogP contribution in [-0.2, 0) is 6.54 Å². The highest BCUT2D eigenvalue weighted by atomic mass is 35.5. The van der Waals surface area contributed by atoms with Gasteiger partial charge in [-0.05, 0) is 37.6 Å². The van der Waals surface area contributed by atoms with Crippen molar-refractivity contribution in [2.45, 2.75) is 25.4 Å². The lowest BCUT2D eigenvalue weighted by Crippen LogP contribution is -2.32. The Morgan fingerprint density at radius 1 is 1.41 bits per heavy atom. The standard InChI is InChI=1S/C18H19ClN6O2/c19-13-4-1-3-12(9-13)17-22-16(27-24-17)11-21-18(26)15-6-8-25(23-15)14-5-2-7-20-10-14/h1,3-4,6,8-9,14,20H,2,5,7,10-11H2,(H,21,26). The van der Waals surface area contributed by atoms with Crippen LogP contribution in [0.15, 0.2) is 41.1 Å². The van der Waals surface area contributed by atoms with Crippen molar-refractivity contribution in [3.63, 3.8) is 0 Å². The molecule has 1 aliphatic rings. The highest BCUT2D eigenvalue weighted by Gasteiger charge is 2.18. The minimum atomic E-state index is -0.278. The first-order valence-electron chi connectivity index (χ1n) is 8.81. The third-order valence-corrected chi connectivity index (χ3v) is 4.67. The quantitative estimate of drug-likeness (QED) is 0.699. The maximum absolute atomic E-state index is 12.3. The van der Waals surface area contributed by atoms with E-state index >= 15 is 0 Å². The van der Waals surface area contributed by atoms with Crippen molar-refractivity contribution in [2.24, 2.45) is 0 Å². The Hall–Kier alpha value is -2.71. The lowest BCUT2D eigenvalue weighted by molar-refractivity contribution is 0.0940. The largest absolute Gasteiger partial charge is 0.342 e. The number of hydrogen-bond acceptors (Lipinski definition) is 6. The summed E-state index contributed by atoms with van der Waals surface area (Å²) < 4.78 is 7.04. The fourth-order valence-corrected chi connectivity index (χ4v) is 3.23. The normalized spacial score (nSPS) is 17.0. The van der Waals surface area contributed by atoms with E-state index in [4.69, 9.17) is 16.1 Å². The van der Waals surface area contributed by atoms with E-state index in [2.05, 4.69) is 25.9 Å². The number of halogens is 1. The zero-order valence-corrected chi connectivity index (χ0v) is 15.3. The average molecular weight is 387 g/mol. The van der Waals surface area contributed by atoms with Crippen molar-refractivity contribution in [1.82, 2.24) is 30.6 Å². The summed E-state index contributed by atoms with van der Waals surface area (Å²) in [4.78, 5) is 16.6. The molecule has 4 rings (SSSR count). The first kappa shape index (κ1) is 17.7. The SMILES string of the molecule is O=C(NCc1nc(-c2cccc(Cl)c2)no1)c1ccn(C2CCCNC2)n1. The fourth-order valence-electron chi connectivity index (χ4n) is 3.04. The number of carbonyl (C=O) groups excluding carboxylic acids is 1. The molecule has 1 unspecified atom stereocenters. The van der Waals surface area contributed by atoms with Crippen molar-refractivity contribution in [2.75, 3.05) is 13.1 Å². The molecule has 0 saturated carbocycles. The minimum absolute atomic E-state index is 0.129. The van der Waals surface area contributed by atoms with Gasteiger partial charge in [0.05, 0.1) is 12.6 Å². The highest BCUT2D eigenvalue weighted by Crippen LogP contribution is 2.20. The highest BCUT2D eigenvalue weighted by molar-refractivity contribution is 6.30. The van der Waals surface area contributed by atoms with Crippen LogP contribution in [0.1, 0.15) is 35.3 Å². The summed E-state index contributed by atoms with van der Waals surface area (Å²) in [7, 11) is 0. The van der Waals surface area contributed by atoms with E-state index in [9.17, 15) is 4.79 Å². The van der Waals surface area contributed by atoms with Gasteiger partial charge in [-0.15, -0.1) is 0 Å². The molecule has 0 radical (unpaired) electrons. The van der Waals surface area contributed by atoms with E-state index in [0.29, 0.717) is 22.4 Å². The summed E-state index contributed by atoms with van der Waals surface area (Å²) in [6, 6.07) is 9.18. The molecular formula is C18H19ClN6O2. The zero-order valence-electron chi connectivity index (χ0n) is 14.6. The van der Waals surface area contributed by atoms with Gasteiger partial charge in [0.25, 0.3) is 5.91 Å². The van der Waals surface area contributed by atoms with E-state index < -0.39 is 0 Å². The average Bonchev–Trinajstić information content (AvgIpc) is 3.37. The van der Waals surface area contributed by atoms with Gasteiger partial charge < -0.3 is 15.2 Å². The molecule has 0 bridgehead atoms. The maximum atomic E-state index is 12.3. The molecule has 2 aromatic heterocycles. The number of carbonyl (C=O) groups is 1. The topological polar surface area (TPSA) is 97.9 Å². The predicted octanol–water partition coefficient (Wildman–Crippen LogP) is 2.44. The summed E-state index contributed by atoms with van der Waals surface area (Å²) in [6.45, 7) is 2.04. The van der Waals surface area contributed by atoms with Gasteiger partial charge in [0.15, 0.2) is 0 Å². The van der Waals surface area contributed by atoms with Crippen LogP contribution in [-0.4, -0.2) is 38.9 Å². The zero-order chi connectivity index (χ0) is 18.6. The van der Waals surface area contributed by atoms with Crippen LogP contribution in [0.3, 0.4) is 0 Å². The minimum Gasteiger partial charge on any atom is -0.342 e. The van der Waals surface area contributed by atoms with Crippen LogP contribution in [0.2, 0.25) is 5.02 Å². The smallest absolute Gasteiger partial charge is 0.272 e. The van der Waals surface area contributed by atoms with Crippen molar-refractivity contribution in [3.05, 3.63) is 53.1 Å². The van der Waals surface area contributed by atoms with Crippen molar-refractivity contribution >= 4 is 17.5 Å². The van der Waals surface area contributed by atoms with Gasteiger partial charge in [-0.3, -0.25) is 9.48 Å². The van der Waals surface area contributed by atoms with Crippen LogP contribution in [0, 0.1) is 0 Å². The summed E-state index contributed by atoms with van der Waals surface area (Å²) >= 11 is 5.97. The number of nitrogens with zero attached hydrogens (tertiary/aromatic N) is 4. The third kappa shape index (κ3) is 4.17. The molecule has 1 saturated heterocycles. The number of rotatable bonds is 5. The van der Waals surface area contributed by atoms with E-state index in [-0.39, 0.29) is 18.5 Å². The summed E-state index contributed by atoms with van der Waals surface area (Å²) in [5.41, 5.74) is 1.12. The van der Waals surface area contributed by atoms with Crippen LogP contribution < -0.4 is 10.6 Å². The van der Waals surface area contributed by atoms with E-state index in [0.717, 1.165) is 31.5 Å². The number of aromatic nitrogens is 4. The lowest BCUT2D eigenvalue weighted by Gasteiger charge is -2.22. The molecule has 1 aromatic carbocycles. The van der Waals surface area contributed by atoms with Gasteiger partial charge in [-0.25, -0.2) is 0 Å². The summed E-state index contributed by atoms with van der Waals surface area (Å²) in [6.07, 6.45) is 4.01. The molecule has 1 aliphatic heterocycles. The van der Waals surface area contributed by atoms with Gasteiger partial charge >= 0.3 is 0 Å². The van der Waals surface area contributed by atoms with Crippen molar-refractivity contribution < 1.29 is 9.32 Å². The molecule has 140 valence electrons. The lowest BCUT2D eigenvalue weighted by atomic mass is 10.1. The van der Waals surface area contributed by atoms with Gasteiger partial charge in [0, 0.05) is 23.3 Å². The Kier molecular flexibility index (Phi) is 5.17.